The summed E-state index contributed by atoms with van der Waals surface area (Å²) in [6.45, 7) is 4.41. The second-order valence-corrected chi connectivity index (χ2v) is 10.5. The van der Waals surface area contributed by atoms with Crippen molar-refractivity contribution in [3.8, 4) is 5.75 Å². The average molecular weight is 452 g/mol. The van der Waals surface area contributed by atoms with Gasteiger partial charge in [0.1, 0.15) is 11.8 Å². The van der Waals surface area contributed by atoms with E-state index in [4.69, 9.17) is 4.74 Å². The van der Waals surface area contributed by atoms with E-state index in [1.54, 1.807) is 12.1 Å². The van der Waals surface area contributed by atoms with Crippen molar-refractivity contribution in [3.05, 3.63) is 24.3 Å². The van der Waals surface area contributed by atoms with E-state index in [9.17, 15) is 18.0 Å². The maximum absolute atomic E-state index is 13.1. The van der Waals surface area contributed by atoms with Gasteiger partial charge in [-0.05, 0) is 55.9 Å². The normalized spacial score (nSPS) is 21.7. The lowest BCUT2D eigenvalue weighted by Gasteiger charge is -2.33. The Bertz CT molecular complexity index is 883. The fourth-order valence-corrected chi connectivity index (χ4v) is 5.29. The van der Waals surface area contributed by atoms with Crippen molar-refractivity contribution in [2.75, 3.05) is 20.2 Å². The minimum absolute atomic E-state index is 0.00887. The zero-order valence-electron chi connectivity index (χ0n) is 18.5. The van der Waals surface area contributed by atoms with Gasteiger partial charge in [0.25, 0.3) is 0 Å². The van der Waals surface area contributed by atoms with Gasteiger partial charge in [0.2, 0.25) is 21.8 Å². The molecule has 1 aliphatic carbocycles. The molecular weight excluding hydrogens is 418 g/mol. The van der Waals surface area contributed by atoms with Crippen LogP contribution in [0.4, 0.5) is 0 Å². The molecule has 8 nitrogen and oxygen atoms in total. The van der Waals surface area contributed by atoms with E-state index in [0.29, 0.717) is 25.1 Å². The number of methoxy groups -OCH3 is 1. The monoisotopic (exact) mass is 451 g/mol. The van der Waals surface area contributed by atoms with Crippen LogP contribution in [-0.4, -0.2) is 56.8 Å². The van der Waals surface area contributed by atoms with Crippen LogP contribution in [0.1, 0.15) is 46.0 Å². The highest BCUT2D eigenvalue weighted by Crippen LogP contribution is 2.26. The van der Waals surface area contributed by atoms with Gasteiger partial charge in [-0.15, -0.1) is 0 Å². The highest BCUT2D eigenvalue weighted by Gasteiger charge is 2.36. The summed E-state index contributed by atoms with van der Waals surface area (Å²) in [5.41, 5.74) is 0. The van der Waals surface area contributed by atoms with Crippen molar-refractivity contribution in [2.24, 2.45) is 11.8 Å². The molecule has 1 aromatic carbocycles. The van der Waals surface area contributed by atoms with Crippen LogP contribution in [0, 0.1) is 11.8 Å². The number of sulfonamides is 1. The number of ether oxygens (including phenoxy) is 1. The summed E-state index contributed by atoms with van der Waals surface area (Å²) in [6, 6.07) is 5.85. The number of hydrogen-bond acceptors (Lipinski definition) is 5. The van der Waals surface area contributed by atoms with Crippen molar-refractivity contribution < 1.29 is 22.7 Å². The number of amides is 2. The standard InChI is InChI=1S/C22H33N3O5S/c1-4-15(2)20(22(27)23-17-7-8-17)24-21(26)16-6-5-13-25(14-16)31(28,29)19-11-9-18(30-3)10-12-19/h9-12,15-17,20H,4-8,13-14H2,1-3H3,(H,23,27)(H,24,26)/t15?,16?,20-/m1/s1. The van der Waals surface area contributed by atoms with Crippen LogP contribution in [0.15, 0.2) is 29.2 Å². The zero-order valence-corrected chi connectivity index (χ0v) is 19.3. The van der Waals surface area contributed by atoms with Gasteiger partial charge >= 0.3 is 0 Å². The van der Waals surface area contributed by atoms with Crippen molar-refractivity contribution in [1.82, 2.24) is 14.9 Å². The van der Waals surface area contributed by atoms with Gasteiger partial charge in [0, 0.05) is 19.1 Å². The summed E-state index contributed by atoms with van der Waals surface area (Å²) in [5, 5.41) is 5.88. The minimum atomic E-state index is -3.71. The Hall–Kier alpha value is -2.13. The molecular formula is C22H33N3O5S. The second kappa shape index (κ2) is 9.99. The Balaban J connectivity index is 1.67. The molecule has 3 atom stereocenters. The number of nitrogens with zero attached hydrogens (tertiary/aromatic N) is 1. The number of carbonyl (C=O) groups is 2. The van der Waals surface area contributed by atoms with E-state index < -0.39 is 22.0 Å². The minimum Gasteiger partial charge on any atom is -0.497 e. The van der Waals surface area contributed by atoms with Crippen LogP contribution in [0.25, 0.3) is 0 Å². The van der Waals surface area contributed by atoms with Gasteiger partial charge in [-0.3, -0.25) is 9.59 Å². The van der Waals surface area contributed by atoms with Crippen LogP contribution < -0.4 is 15.4 Å². The molecule has 2 fully saturated rings. The largest absolute Gasteiger partial charge is 0.497 e. The summed E-state index contributed by atoms with van der Waals surface area (Å²) < 4.78 is 32.6. The fraction of sp³-hybridized carbons (Fsp3) is 0.636. The third kappa shape index (κ3) is 5.77. The predicted molar refractivity (Wildman–Crippen MR) is 117 cm³/mol. The van der Waals surface area contributed by atoms with Gasteiger partial charge in [0.15, 0.2) is 0 Å². The van der Waals surface area contributed by atoms with E-state index in [1.165, 1.54) is 23.5 Å². The van der Waals surface area contributed by atoms with E-state index in [1.807, 2.05) is 13.8 Å². The molecule has 1 saturated heterocycles. The molecule has 2 N–H and O–H groups in total. The number of piperidine rings is 1. The molecule has 1 heterocycles. The third-order valence-corrected chi connectivity index (χ3v) is 8.05. The molecule has 0 radical (unpaired) electrons. The average Bonchev–Trinajstić information content (AvgIpc) is 3.60. The van der Waals surface area contributed by atoms with Crippen LogP contribution in [-0.2, 0) is 19.6 Å². The van der Waals surface area contributed by atoms with E-state index in [0.717, 1.165) is 19.3 Å². The first-order valence-corrected chi connectivity index (χ1v) is 12.4. The molecule has 0 spiro atoms. The summed E-state index contributed by atoms with van der Waals surface area (Å²) in [4.78, 5) is 25.8. The topological polar surface area (TPSA) is 105 Å². The number of benzene rings is 1. The van der Waals surface area contributed by atoms with Crippen molar-refractivity contribution >= 4 is 21.8 Å². The van der Waals surface area contributed by atoms with E-state index in [2.05, 4.69) is 10.6 Å². The molecule has 2 unspecified atom stereocenters. The van der Waals surface area contributed by atoms with Gasteiger partial charge in [-0.25, -0.2) is 8.42 Å². The molecule has 0 aromatic heterocycles. The number of hydrogen-bond donors (Lipinski definition) is 2. The first-order chi connectivity index (χ1) is 14.8. The molecule has 172 valence electrons. The zero-order chi connectivity index (χ0) is 22.6. The van der Waals surface area contributed by atoms with Crippen LogP contribution in [0.5, 0.6) is 5.75 Å². The molecule has 0 bridgehead atoms. The smallest absolute Gasteiger partial charge is 0.243 e. The molecule has 3 rings (SSSR count). The van der Waals surface area contributed by atoms with Crippen LogP contribution >= 0.6 is 0 Å². The highest BCUT2D eigenvalue weighted by atomic mass is 32.2. The van der Waals surface area contributed by atoms with Crippen LogP contribution in [0.3, 0.4) is 0 Å². The first kappa shape index (κ1) is 23.5. The molecule has 1 aliphatic heterocycles. The van der Waals surface area contributed by atoms with Gasteiger partial charge in [-0.2, -0.15) is 4.31 Å². The number of rotatable bonds is 9. The third-order valence-electron chi connectivity index (χ3n) is 6.17. The Kier molecular flexibility index (Phi) is 7.59. The SMILES string of the molecule is CCC(C)[C@@H](NC(=O)C1CCCN(S(=O)(=O)c2ccc(OC)cc2)C1)C(=O)NC1CC1. The summed E-state index contributed by atoms with van der Waals surface area (Å²) in [7, 11) is -2.19. The molecule has 9 heteroatoms. The lowest BCUT2D eigenvalue weighted by atomic mass is 9.95. The first-order valence-electron chi connectivity index (χ1n) is 11.0. The lowest BCUT2D eigenvalue weighted by molar-refractivity contribution is -0.133. The Morgan fingerprint density at radius 1 is 1.19 bits per heavy atom. The maximum Gasteiger partial charge on any atom is 0.243 e. The highest BCUT2D eigenvalue weighted by molar-refractivity contribution is 7.89. The number of nitrogens with one attached hydrogen (secondary N) is 2. The Morgan fingerprint density at radius 2 is 1.87 bits per heavy atom. The van der Waals surface area contributed by atoms with Gasteiger partial charge < -0.3 is 15.4 Å². The summed E-state index contributed by atoms with van der Waals surface area (Å²) in [5.74, 6) is -0.322. The van der Waals surface area contributed by atoms with Gasteiger partial charge in [-0.1, -0.05) is 20.3 Å². The van der Waals surface area contributed by atoms with Crippen molar-refractivity contribution in [3.63, 3.8) is 0 Å². The maximum atomic E-state index is 13.1. The number of carbonyl (C=O) groups excluding carboxylic acids is 2. The molecule has 1 saturated carbocycles. The lowest BCUT2D eigenvalue weighted by Crippen LogP contribution is -2.54. The van der Waals surface area contributed by atoms with E-state index >= 15 is 0 Å². The quantitative estimate of drug-likeness (QED) is 0.597. The van der Waals surface area contributed by atoms with Crippen molar-refractivity contribution in [2.45, 2.75) is 62.9 Å². The fourth-order valence-electron chi connectivity index (χ4n) is 3.76. The van der Waals surface area contributed by atoms with Crippen molar-refractivity contribution in [1.29, 1.82) is 0 Å². The predicted octanol–water partition coefficient (Wildman–Crippen LogP) is 1.91. The summed E-state index contributed by atoms with van der Waals surface area (Å²) in [6.07, 6.45) is 3.90. The molecule has 1 aromatic rings. The molecule has 2 amide bonds. The second-order valence-electron chi connectivity index (χ2n) is 8.53. The van der Waals surface area contributed by atoms with Gasteiger partial charge in [0.05, 0.1) is 17.9 Å². The Labute approximate surface area is 184 Å². The Morgan fingerprint density at radius 3 is 2.45 bits per heavy atom. The summed E-state index contributed by atoms with van der Waals surface area (Å²) >= 11 is 0. The molecule has 2 aliphatic rings. The van der Waals surface area contributed by atoms with E-state index in [-0.39, 0.29) is 35.2 Å². The molecule has 31 heavy (non-hydrogen) atoms. The van der Waals surface area contributed by atoms with Crippen LogP contribution in [0.2, 0.25) is 0 Å².